The Morgan fingerprint density at radius 1 is 1.00 bits per heavy atom. The molecular formula is C13H14NO+. The molecule has 0 saturated heterocycles. The predicted molar refractivity (Wildman–Crippen MR) is 61.0 cm³/mol. The first-order valence-corrected chi connectivity index (χ1v) is 4.86. The van der Waals surface area contributed by atoms with Crippen LogP contribution < -0.4 is 10.5 Å². The molecule has 0 atom stereocenters. The van der Waals surface area contributed by atoms with E-state index in [-0.39, 0.29) is 0 Å². The highest BCUT2D eigenvalue weighted by Crippen LogP contribution is 2.30. The highest BCUT2D eigenvalue weighted by molar-refractivity contribution is 5.72. The van der Waals surface area contributed by atoms with Gasteiger partial charge >= 0.3 is 0 Å². The number of benzene rings is 2. The van der Waals surface area contributed by atoms with Crippen molar-refractivity contribution in [2.45, 2.75) is 0 Å². The minimum Gasteiger partial charge on any atom is -0.496 e. The van der Waals surface area contributed by atoms with Crippen LogP contribution in [0.15, 0.2) is 48.5 Å². The topological polar surface area (TPSA) is 36.9 Å². The summed E-state index contributed by atoms with van der Waals surface area (Å²) < 4.78 is 5.33. The van der Waals surface area contributed by atoms with Crippen molar-refractivity contribution in [3.8, 4) is 16.9 Å². The molecule has 0 aliphatic rings. The minimum atomic E-state index is 0.883. The van der Waals surface area contributed by atoms with Gasteiger partial charge in [0.15, 0.2) is 0 Å². The molecule has 0 spiro atoms. The fraction of sp³-hybridized carbons (Fsp3) is 0.0769. The summed E-state index contributed by atoms with van der Waals surface area (Å²) in [6.45, 7) is 0. The summed E-state index contributed by atoms with van der Waals surface area (Å²) in [4.78, 5) is 0. The molecule has 15 heavy (non-hydrogen) atoms. The minimum absolute atomic E-state index is 0.883. The van der Waals surface area contributed by atoms with Gasteiger partial charge < -0.3 is 10.5 Å². The molecule has 2 aromatic rings. The highest BCUT2D eigenvalue weighted by atomic mass is 16.5. The van der Waals surface area contributed by atoms with Crippen molar-refractivity contribution < 1.29 is 10.5 Å². The zero-order valence-electron chi connectivity index (χ0n) is 8.73. The Labute approximate surface area is 89.3 Å². The molecule has 0 unspecified atom stereocenters. The first-order valence-electron chi connectivity index (χ1n) is 4.86. The monoisotopic (exact) mass is 200 g/mol. The third-order valence-electron chi connectivity index (χ3n) is 2.35. The third kappa shape index (κ3) is 2.00. The number of methoxy groups -OCH3 is 1. The van der Waals surface area contributed by atoms with Gasteiger partial charge in [-0.15, -0.1) is 0 Å². The van der Waals surface area contributed by atoms with Crippen LogP contribution in [0.2, 0.25) is 0 Å². The van der Waals surface area contributed by atoms with Gasteiger partial charge in [0, 0.05) is 17.7 Å². The second-order valence-corrected chi connectivity index (χ2v) is 3.40. The lowest BCUT2D eigenvalue weighted by Crippen LogP contribution is -2.39. The van der Waals surface area contributed by atoms with E-state index in [2.05, 4.69) is 17.9 Å². The standard InChI is InChI=1S/C13H13NO/c1-15-13-8-7-11(14)9-12(13)10-5-3-2-4-6-10/h2-9H,14H2,1H3/p+1. The predicted octanol–water partition coefficient (Wildman–Crippen LogP) is 2.24. The summed E-state index contributed by atoms with van der Waals surface area (Å²) in [5.74, 6) is 0.883. The van der Waals surface area contributed by atoms with Crippen LogP contribution in [0.5, 0.6) is 5.75 Å². The van der Waals surface area contributed by atoms with E-state index in [1.165, 1.54) is 0 Å². The van der Waals surface area contributed by atoms with Crippen LogP contribution in [0, 0.1) is 0 Å². The molecule has 2 rings (SSSR count). The molecule has 2 heteroatoms. The van der Waals surface area contributed by atoms with Crippen LogP contribution in [-0.4, -0.2) is 7.11 Å². The number of hydrogen-bond acceptors (Lipinski definition) is 1. The van der Waals surface area contributed by atoms with Crippen LogP contribution in [0.3, 0.4) is 0 Å². The Morgan fingerprint density at radius 3 is 2.40 bits per heavy atom. The highest BCUT2D eigenvalue weighted by Gasteiger charge is 2.06. The van der Waals surface area contributed by atoms with Gasteiger partial charge in [-0.2, -0.15) is 0 Å². The van der Waals surface area contributed by atoms with E-state index >= 15 is 0 Å². The SMILES string of the molecule is COc1ccc([NH3+])cc1-c1ccccc1. The fourth-order valence-electron chi connectivity index (χ4n) is 1.60. The van der Waals surface area contributed by atoms with Crippen LogP contribution >= 0.6 is 0 Å². The van der Waals surface area contributed by atoms with E-state index in [4.69, 9.17) is 4.74 Å². The van der Waals surface area contributed by atoms with Crippen LogP contribution in [-0.2, 0) is 0 Å². The average Bonchev–Trinajstić information content (AvgIpc) is 2.30. The van der Waals surface area contributed by atoms with Gasteiger partial charge in [0.05, 0.1) is 7.11 Å². The molecule has 0 aliphatic carbocycles. The van der Waals surface area contributed by atoms with Crippen molar-refractivity contribution in [2.24, 2.45) is 0 Å². The lowest BCUT2D eigenvalue weighted by molar-refractivity contribution is -0.254. The molecular weight excluding hydrogens is 186 g/mol. The van der Waals surface area contributed by atoms with Gasteiger partial charge in [0.25, 0.3) is 0 Å². The van der Waals surface area contributed by atoms with E-state index < -0.39 is 0 Å². The fourth-order valence-corrected chi connectivity index (χ4v) is 1.60. The van der Waals surface area contributed by atoms with Crippen molar-refractivity contribution in [3.05, 3.63) is 48.5 Å². The summed E-state index contributed by atoms with van der Waals surface area (Å²) in [5.41, 5.74) is 7.16. The molecule has 2 nitrogen and oxygen atoms in total. The van der Waals surface area contributed by atoms with Crippen molar-refractivity contribution in [1.82, 2.24) is 0 Å². The Morgan fingerprint density at radius 2 is 1.73 bits per heavy atom. The Kier molecular flexibility index (Phi) is 2.70. The number of quaternary nitrogens is 1. The average molecular weight is 200 g/mol. The van der Waals surface area contributed by atoms with Gasteiger partial charge in [0.1, 0.15) is 11.4 Å². The van der Waals surface area contributed by atoms with Gasteiger partial charge in [0.2, 0.25) is 0 Å². The molecule has 0 fully saturated rings. The Bertz CT molecular complexity index is 451. The number of rotatable bonds is 2. The van der Waals surface area contributed by atoms with Crippen molar-refractivity contribution in [1.29, 1.82) is 0 Å². The van der Waals surface area contributed by atoms with Crippen molar-refractivity contribution >= 4 is 5.69 Å². The van der Waals surface area contributed by atoms with Gasteiger partial charge in [-0.3, -0.25) is 0 Å². The van der Waals surface area contributed by atoms with Crippen molar-refractivity contribution in [3.63, 3.8) is 0 Å². The number of ether oxygens (including phenoxy) is 1. The van der Waals surface area contributed by atoms with E-state index in [9.17, 15) is 0 Å². The Hall–Kier alpha value is -1.80. The smallest absolute Gasteiger partial charge is 0.128 e. The maximum absolute atomic E-state index is 5.33. The summed E-state index contributed by atoms with van der Waals surface area (Å²) in [6, 6.07) is 16.1. The lowest BCUT2D eigenvalue weighted by Gasteiger charge is -2.08. The van der Waals surface area contributed by atoms with Gasteiger partial charge in [-0.05, 0) is 11.6 Å². The molecule has 0 heterocycles. The van der Waals surface area contributed by atoms with E-state index in [0.717, 1.165) is 22.6 Å². The summed E-state index contributed by atoms with van der Waals surface area (Å²) in [5, 5.41) is 0. The Balaban J connectivity index is 2.56. The van der Waals surface area contributed by atoms with Crippen molar-refractivity contribution in [2.75, 3.05) is 7.11 Å². The molecule has 0 saturated carbocycles. The second kappa shape index (κ2) is 4.15. The first kappa shape index (κ1) is 9.74. The molecule has 76 valence electrons. The summed E-state index contributed by atoms with van der Waals surface area (Å²) >= 11 is 0. The van der Waals surface area contributed by atoms with E-state index in [0.29, 0.717) is 0 Å². The summed E-state index contributed by atoms with van der Waals surface area (Å²) in [6.07, 6.45) is 0. The summed E-state index contributed by atoms with van der Waals surface area (Å²) in [7, 11) is 1.69. The van der Waals surface area contributed by atoms with Gasteiger partial charge in [-0.25, -0.2) is 0 Å². The van der Waals surface area contributed by atoms with E-state index in [1.807, 2.05) is 36.4 Å². The zero-order valence-corrected chi connectivity index (χ0v) is 8.73. The molecule has 0 aliphatic heterocycles. The lowest BCUT2D eigenvalue weighted by atomic mass is 10.0. The third-order valence-corrected chi connectivity index (χ3v) is 2.35. The maximum Gasteiger partial charge on any atom is 0.128 e. The molecule has 2 aromatic carbocycles. The molecule has 0 bridgehead atoms. The normalized spacial score (nSPS) is 10.0. The molecule has 0 aromatic heterocycles. The maximum atomic E-state index is 5.33. The molecule has 0 radical (unpaired) electrons. The molecule has 3 N–H and O–H groups in total. The van der Waals surface area contributed by atoms with E-state index in [1.54, 1.807) is 7.11 Å². The van der Waals surface area contributed by atoms with Gasteiger partial charge in [-0.1, -0.05) is 30.3 Å². The largest absolute Gasteiger partial charge is 0.496 e. The van der Waals surface area contributed by atoms with Crippen LogP contribution in [0.25, 0.3) is 11.1 Å². The molecule has 0 amide bonds. The van der Waals surface area contributed by atoms with Crippen LogP contribution in [0.1, 0.15) is 0 Å². The first-order chi connectivity index (χ1) is 7.31. The zero-order chi connectivity index (χ0) is 10.7. The number of hydrogen-bond donors (Lipinski definition) is 1. The second-order valence-electron chi connectivity index (χ2n) is 3.40. The quantitative estimate of drug-likeness (QED) is 0.793. The van der Waals surface area contributed by atoms with Crippen LogP contribution in [0.4, 0.5) is 5.69 Å².